The van der Waals surface area contributed by atoms with Crippen molar-refractivity contribution in [2.24, 2.45) is 0 Å². The monoisotopic (exact) mass is 596 g/mol. The zero-order valence-corrected chi connectivity index (χ0v) is 25.7. The number of anilines is 1. The van der Waals surface area contributed by atoms with Gasteiger partial charge < -0.3 is 5.32 Å². The number of para-hydroxylation sites is 1. The highest BCUT2D eigenvalue weighted by atomic mass is 32.2. The van der Waals surface area contributed by atoms with Crippen LogP contribution >= 0.6 is 22.7 Å². The number of carbonyl (C=O) groups is 1. The number of amides is 1. The number of nitrogens with zero attached hydrogens (tertiary/aromatic N) is 3. The molecular weight excluding hydrogens is 561 g/mol. The lowest BCUT2D eigenvalue weighted by molar-refractivity contribution is 0.102. The second kappa shape index (κ2) is 12.5. The van der Waals surface area contributed by atoms with Gasteiger partial charge in [-0.3, -0.25) is 9.69 Å². The van der Waals surface area contributed by atoms with Gasteiger partial charge in [-0.1, -0.05) is 32.9 Å². The maximum atomic E-state index is 13.5. The van der Waals surface area contributed by atoms with Gasteiger partial charge in [0.1, 0.15) is 10.0 Å². The number of thiophene rings is 1. The number of sulfonamides is 1. The first-order valence-corrected chi connectivity index (χ1v) is 17.1. The van der Waals surface area contributed by atoms with Crippen LogP contribution in [0, 0.1) is 0 Å². The van der Waals surface area contributed by atoms with Gasteiger partial charge in [-0.2, -0.15) is 4.31 Å². The number of rotatable bonds is 11. The summed E-state index contributed by atoms with van der Waals surface area (Å²) in [4.78, 5) is 22.3. The Morgan fingerprint density at radius 2 is 1.73 bits per heavy atom. The third-order valence-electron chi connectivity index (χ3n) is 7.11. The van der Waals surface area contributed by atoms with Crippen LogP contribution < -0.4 is 5.32 Å². The van der Waals surface area contributed by atoms with Gasteiger partial charge in [-0.15, -0.1) is 22.7 Å². The lowest BCUT2D eigenvalue weighted by atomic mass is 10.0. The highest BCUT2D eigenvalue weighted by Gasteiger charge is 2.28. The topological polar surface area (TPSA) is 82.6 Å². The minimum Gasteiger partial charge on any atom is -0.313 e. The van der Waals surface area contributed by atoms with Crippen LogP contribution in [0.15, 0.2) is 53.4 Å². The molecule has 4 aromatic rings. The van der Waals surface area contributed by atoms with Gasteiger partial charge in [0.15, 0.2) is 0 Å². The fourth-order valence-electron chi connectivity index (χ4n) is 5.21. The summed E-state index contributed by atoms with van der Waals surface area (Å²) < 4.78 is 29.0. The van der Waals surface area contributed by atoms with Gasteiger partial charge in [0.2, 0.25) is 10.0 Å². The van der Waals surface area contributed by atoms with Crippen molar-refractivity contribution >= 4 is 53.8 Å². The quantitative estimate of drug-likeness (QED) is 0.205. The van der Waals surface area contributed by atoms with E-state index >= 15 is 0 Å². The summed E-state index contributed by atoms with van der Waals surface area (Å²) in [6.45, 7) is 10.0. The number of benzene rings is 2. The van der Waals surface area contributed by atoms with Crippen LogP contribution in [0.3, 0.4) is 0 Å². The van der Waals surface area contributed by atoms with E-state index in [0.717, 1.165) is 71.1 Å². The predicted molar refractivity (Wildman–Crippen MR) is 166 cm³/mol. The zero-order valence-electron chi connectivity index (χ0n) is 23.3. The van der Waals surface area contributed by atoms with Crippen LogP contribution in [-0.4, -0.2) is 54.7 Å². The number of fused-ring (bicyclic) bond motifs is 2. The van der Waals surface area contributed by atoms with E-state index in [0.29, 0.717) is 18.7 Å². The normalized spacial score (nSPS) is 14.1. The molecule has 3 heterocycles. The third kappa shape index (κ3) is 5.87. The summed E-state index contributed by atoms with van der Waals surface area (Å²) in [6, 6.07) is 14.4. The predicted octanol–water partition coefficient (Wildman–Crippen LogP) is 6.86. The molecule has 0 bridgehead atoms. The van der Waals surface area contributed by atoms with Crippen molar-refractivity contribution in [3.63, 3.8) is 0 Å². The average Bonchev–Trinajstić information content (AvgIpc) is 3.53. The van der Waals surface area contributed by atoms with Gasteiger partial charge >= 0.3 is 0 Å². The second-order valence-electron chi connectivity index (χ2n) is 10.1. The molecule has 0 radical (unpaired) electrons. The van der Waals surface area contributed by atoms with E-state index in [1.807, 2.05) is 32.0 Å². The Kier molecular flexibility index (Phi) is 9.01. The first-order chi connectivity index (χ1) is 19.3. The maximum Gasteiger partial charge on any atom is 0.256 e. The highest BCUT2D eigenvalue weighted by Crippen LogP contribution is 2.45. The van der Waals surface area contributed by atoms with Crippen LogP contribution in [0.1, 0.15) is 60.8 Å². The fraction of sp³-hybridized carbons (Fsp3) is 0.400. The Balaban J connectivity index is 1.45. The molecule has 1 amide bonds. The number of nitrogens with one attached hydrogen (secondary N) is 1. The van der Waals surface area contributed by atoms with Gasteiger partial charge in [0.05, 0.1) is 15.1 Å². The molecule has 212 valence electrons. The van der Waals surface area contributed by atoms with Crippen LogP contribution in [0.5, 0.6) is 0 Å². The SMILES string of the molecule is CCCN1CCc2c(sc(NC(=O)c3ccc(S(=O)(=O)N(CCC)CCC)cc3)c2-c2nc3ccccc3s2)C1. The summed E-state index contributed by atoms with van der Waals surface area (Å²) in [6.07, 6.45) is 3.52. The van der Waals surface area contributed by atoms with Crippen LogP contribution in [0.25, 0.3) is 20.8 Å². The van der Waals surface area contributed by atoms with E-state index in [-0.39, 0.29) is 10.8 Å². The van der Waals surface area contributed by atoms with Crippen molar-refractivity contribution < 1.29 is 13.2 Å². The molecule has 0 spiro atoms. The standard InChI is InChI=1S/C30H36N4O3S3/c1-4-16-33-19-15-23-26(20-33)39-30(27(23)29-31-24-9-7-8-10-25(24)38-29)32-28(35)21-11-13-22(14-12-21)40(36,37)34(17-5-2)18-6-3/h7-14H,4-6,15-20H2,1-3H3,(H,32,35). The molecule has 0 fully saturated rings. The molecule has 1 aliphatic heterocycles. The molecule has 0 aliphatic carbocycles. The molecule has 0 saturated heterocycles. The molecule has 1 aliphatic rings. The number of hydrogen-bond acceptors (Lipinski definition) is 7. The smallest absolute Gasteiger partial charge is 0.256 e. The lowest BCUT2D eigenvalue weighted by Crippen LogP contribution is -2.32. The summed E-state index contributed by atoms with van der Waals surface area (Å²) in [5.41, 5.74) is 3.69. The van der Waals surface area contributed by atoms with Gasteiger partial charge in [0, 0.05) is 42.2 Å². The average molecular weight is 597 g/mol. The Labute approximate surface area is 244 Å². The molecular formula is C30H36N4O3S3. The van der Waals surface area contributed by atoms with Crippen molar-refractivity contribution in [1.82, 2.24) is 14.2 Å². The Morgan fingerprint density at radius 1 is 1.00 bits per heavy atom. The van der Waals surface area contributed by atoms with Gasteiger partial charge in [-0.05, 0) is 74.2 Å². The minimum absolute atomic E-state index is 0.212. The summed E-state index contributed by atoms with van der Waals surface area (Å²) in [5, 5.41) is 4.89. The summed E-state index contributed by atoms with van der Waals surface area (Å²) in [5.74, 6) is -0.255. The highest BCUT2D eigenvalue weighted by molar-refractivity contribution is 7.89. The Morgan fingerprint density at radius 3 is 2.40 bits per heavy atom. The molecule has 2 aromatic heterocycles. The van der Waals surface area contributed by atoms with E-state index in [2.05, 4.69) is 23.2 Å². The largest absolute Gasteiger partial charge is 0.313 e. The molecule has 40 heavy (non-hydrogen) atoms. The molecule has 0 atom stereocenters. The van der Waals surface area contributed by atoms with E-state index in [4.69, 9.17) is 4.98 Å². The maximum absolute atomic E-state index is 13.5. The molecule has 2 aromatic carbocycles. The second-order valence-corrected chi connectivity index (χ2v) is 14.2. The number of thiazole rings is 1. The fourth-order valence-corrected chi connectivity index (χ4v) is 9.23. The summed E-state index contributed by atoms with van der Waals surface area (Å²) >= 11 is 3.28. The summed E-state index contributed by atoms with van der Waals surface area (Å²) in [7, 11) is -3.60. The number of hydrogen-bond donors (Lipinski definition) is 1. The molecule has 0 unspecified atom stereocenters. The van der Waals surface area contributed by atoms with Gasteiger partial charge in [-0.25, -0.2) is 13.4 Å². The molecule has 10 heteroatoms. The molecule has 5 rings (SSSR count). The van der Waals surface area contributed by atoms with Crippen LogP contribution in [0.2, 0.25) is 0 Å². The van der Waals surface area contributed by atoms with Crippen molar-refractivity contribution in [2.75, 3.05) is 31.5 Å². The van der Waals surface area contributed by atoms with Crippen LogP contribution in [-0.2, 0) is 23.0 Å². The van der Waals surface area contributed by atoms with Crippen molar-refractivity contribution in [3.8, 4) is 10.6 Å². The molecule has 1 N–H and O–H groups in total. The van der Waals surface area contributed by atoms with E-state index < -0.39 is 10.0 Å². The number of carbonyl (C=O) groups excluding carboxylic acids is 1. The van der Waals surface area contributed by atoms with Crippen molar-refractivity contribution in [2.45, 2.75) is 57.9 Å². The molecule has 7 nitrogen and oxygen atoms in total. The lowest BCUT2D eigenvalue weighted by Gasteiger charge is -2.26. The first kappa shape index (κ1) is 28.9. The third-order valence-corrected chi connectivity index (χ3v) is 11.2. The van der Waals surface area contributed by atoms with Gasteiger partial charge in [0.25, 0.3) is 5.91 Å². The van der Waals surface area contributed by atoms with E-state index in [1.165, 1.54) is 14.7 Å². The minimum atomic E-state index is -3.60. The zero-order chi connectivity index (χ0) is 28.3. The number of aromatic nitrogens is 1. The Bertz CT molecular complexity index is 1550. The first-order valence-electron chi connectivity index (χ1n) is 14.0. The van der Waals surface area contributed by atoms with Crippen molar-refractivity contribution in [3.05, 3.63) is 64.5 Å². The Hall–Kier alpha value is -2.63. The van der Waals surface area contributed by atoms with E-state index in [1.54, 1.807) is 46.9 Å². The molecule has 0 saturated carbocycles. The van der Waals surface area contributed by atoms with Crippen LogP contribution in [0.4, 0.5) is 5.00 Å². The van der Waals surface area contributed by atoms with E-state index in [9.17, 15) is 13.2 Å². The van der Waals surface area contributed by atoms with Crippen molar-refractivity contribution in [1.29, 1.82) is 0 Å².